The number of aromatic nitrogens is 2. The van der Waals surface area contributed by atoms with E-state index in [-0.39, 0.29) is 5.97 Å². The summed E-state index contributed by atoms with van der Waals surface area (Å²) >= 11 is 0. The zero-order valence-electron chi connectivity index (χ0n) is 16.5. The Morgan fingerprint density at radius 3 is 2.64 bits per heavy atom. The van der Waals surface area contributed by atoms with E-state index in [0.29, 0.717) is 12.3 Å². The summed E-state index contributed by atoms with van der Waals surface area (Å²) in [5.74, 6) is -0.344. The van der Waals surface area contributed by atoms with E-state index in [2.05, 4.69) is 50.3 Å². The lowest BCUT2D eigenvalue weighted by atomic mass is 10.1. The minimum atomic E-state index is -0.344. The van der Waals surface area contributed by atoms with Crippen LogP contribution in [0.2, 0.25) is 0 Å². The highest BCUT2D eigenvalue weighted by Gasteiger charge is 2.31. The number of ether oxygens (including phenoxy) is 1. The molecule has 0 atom stereocenters. The molecule has 4 heteroatoms. The molecule has 4 nitrogen and oxygen atoms in total. The summed E-state index contributed by atoms with van der Waals surface area (Å²) in [7, 11) is 0. The van der Waals surface area contributed by atoms with E-state index in [4.69, 9.17) is 9.84 Å². The molecule has 0 fully saturated rings. The Kier molecular flexibility index (Phi) is 4.86. The van der Waals surface area contributed by atoms with Crippen molar-refractivity contribution < 1.29 is 9.53 Å². The number of nitrogens with zero attached hydrogens (tertiary/aromatic N) is 2. The van der Waals surface area contributed by atoms with Crippen molar-refractivity contribution in [2.75, 3.05) is 6.61 Å². The molecule has 1 aliphatic rings. The van der Waals surface area contributed by atoms with Crippen molar-refractivity contribution in [3.8, 4) is 5.69 Å². The molecule has 0 radical (unpaired) electrons. The van der Waals surface area contributed by atoms with Crippen molar-refractivity contribution in [3.05, 3.63) is 82.2 Å². The maximum Gasteiger partial charge on any atom is 0.359 e. The summed E-state index contributed by atoms with van der Waals surface area (Å²) in [5.41, 5.74) is 8.13. The Bertz CT molecular complexity index is 1060. The first-order valence-electron chi connectivity index (χ1n) is 9.71. The van der Waals surface area contributed by atoms with Gasteiger partial charge in [-0.1, -0.05) is 48.0 Å². The Labute approximate surface area is 165 Å². The monoisotopic (exact) mass is 372 g/mol. The number of fused-ring (bicyclic) bond motifs is 1. The first kappa shape index (κ1) is 18.2. The van der Waals surface area contributed by atoms with Crippen LogP contribution in [-0.2, 0) is 11.2 Å². The molecule has 1 heterocycles. The number of hydrogen-bond donors (Lipinski definition) is 0. The molecule has 3 aromatic rings. The Balaban J connectivity index is 1.90. The third-order valence-corrected chi connectivity index (χ3v) is 5.12. The van der Waals surface area contributed by atoms with Crippen LogP contribution in [0.1, 0.15) is 51.8 Å². The van der Waals surface area contributed by atoms with Crippen molar-refractivity contribution in [1.82, 2.24) is 9.78 Å². The number of esters is 1. The summed E-state index contributed by atoms with van der Waals surface area (Å²) in [4.78, 5) is 12.5. The molecule has 0 unspecified atom stereocenters. The average Bonchev–Trinajstić information content (AvgIpc) is 3.24. The summed E-state index contributed by atoms with van der Waals surface area (Å²) in [6.45, 7) is 6.32. The number of benzene rings is 2. The minimum absolute atomic E-state index is 0.344. The van der Waals surface area contributed by atoms with Crippen LogP contribution in [0.4, 0.5) is 0 Å². The van der Waals surface area contributed by atoms with Gasteiger partial charge in [0, 0.05) is 5.56 Å². The maximum atomic E-state index is 12.5. The van der Waals surface area contributed by atoms with Crippen LogP contribution in [0.3, 0.4) is 0 Å². The zero-order valence-corrected chi connectivity index (χ0v) is 16.5. The first-order valence-corrected chi connectivity index (χ1v) is 9.71. The van der Waals surface area contributed by atoms with E-state index < -0.39 is 0 Å². The van der Waals surface area contributed by atoms with Crippen LogP contribution in [0.15, 0.2) is 48.5 Å². The molecule has 0 spiro atoms. The fourth-order valence-corrected chi connectivity index (χ4v) is 3.87. The quantitative estimate of drug-likeness (QED) is 0.595. The van der Waals surface area contributed by atoms with Crippen LogP contribution in [0.25, 0.3) is 17.3 Å². The fraction of sp³-hybridized carbons (Fsp3) is 0.250. The topological polar surface area (TPSA) is 44.1 Å². The molecule has 4 rings (SSSR count). The van der Waals surface area contributed by atoms with Gasteiger partial charge in [-0.15, -0.1) is 0 Å². The molecular weight excluding hydrogens is 348 g/mol. The van der Waals surface area contributed by atoms with Crippen LogP contribution >= 0.6 is 0 Å². The van der Waals surface area contributed by atoms with Gasteiger partial charge in [0.1, 0.15) is 0 Å². The number of rotatable bonds is 4. The predicted molar refractivity (Wildman–Crippen MR) is 112 cm³/mol. The molecule has 1 aliphatic carbocycles. The fourth-order valence-electron chi connectivity index (χ4n) is 3.87. The van der Waals surface area contributed by atoms with Gasteiger partial charge < -0.3 is 4.74 Å². The highest BCUT2D eigenvalue weighted by Crippen LogP contribution is 2.38. The normalized spacial score (nSPS) is 14.3. The van der Waals surface area contributed by atoms with Crippen LogP contribution in [0.5, 0.6) is 0 Å². The first-order chi connectivity index (χ1) is 13.6. The molecule has 1 aromatic heterocycles. The van der Waals surface area contributed by atoms with E-state index in [9.17, 15) is 4.79 Å². The molecule has 0 N–H and O–H groups in total. The van der Waals surface area contributed by atoms with Gasteiger partial charge in [0.05, 0.1) is 18.0 Å². The Hall–Kier alpha value is -3.14. The van der Waals surface area contributed by atoms with Crippen molar-refractivity contribution in [2.24, 2.45) is 0 Å². The predicted octanol–water partition coefficient (Wildman–Crippen LogP) is 5.15. The number of aryl methyl sites for hydroxylation is 2. The maximum absolute atomic E-state index is 12.5. The summed E-state index contributed by atoms with van der Waals surface area (Å²) in [6.07, 6.45) is 3.88. The number of carbonyl (C=O) groups is 1. The second-order valence-corrected chi connectivity index (χ2v) is 7.18. The van der Waals surface area contributed by atoms with E-state index >= 15 is 0 Å². The van der Waals surface area contributed by atoms with Crippen molar-refractivity contribution in [2.45, 2.75) is 33.6 Å². The third kappa shape index (κ3) is 3.26. The molecular formula is C24H24N2O2. The molecule has 0 saturated carbocycles. The molecule has 0 saturated heterocycles. The standard InChI is InChI=1S/C24H24N2O2/c1-4-28-24(27)22-20-12-11-19(15-18-8-6-5-7-9-18)23(20)26(25-22)21-13-10-16(2)14-17(21)3/h5-10,13-15H,4,11-12H2,1-3H3/b19-15-. The minimum Gasteiger partial charge on any atom is -0.461 e. The number of allylic oxidation sites excluding steroid dienone is 1. The lowest BCUT2D eigenvalue weighted by Gasteiger charge is -2.11. The number of carbonyl (C=O) groups excluding carboxylic acids is 1. The molecule has 142 valence electrons. The summed E-state index contributed by atoms with van der Waals surface area (Å²) in [6, 6.07) is 16.6. The van der Waals surface area contributed by atoms with Crippen molar-refractivity contribution >= 4 is 17.6 Å². The zero-order chi connectivity index (χ0) is 19.7. The van der Waals surface area contributed by atoms with Gasteiger partial charge in [0.2, 0.25) is 0 Å². The van der Waals surface area contributed by atoms with Gasteiger partial charge in [-0.3, -0.25) is 0 Å². The highest BCUT2D eigenvalue weighted by molar-refractivity contribution is 5.94. The van der Waals surface area contributed by atoms with Crippen molar-refractivity contribution in [3.63, 3.8) is 0 Å². The molecule has 0 bridgehead atoms. The smallest absolute Gasteiger partial charge is 0.359 e. The van der Waals surface area contributed by atoms with E-state index in [1.807, 2.05) is 29.8 Å². The van der Waals surface area contributed by atoms with Gasteiger partial charge in [-0.05, 0) is 62.5 Å². The Morgan fingerprint density at radius 1 is 1.14 bits per heavy atom. The Morgan fingerprint density at radius 2 is 1.93 bits per heavy atom. The second-order valence-electron chi connectivity index (χ2n) is 7.18. The van der Waals surface area contributed by atoms with E-state index in [1.54, 1.807) is 0 Å². The largest absolute Gasteiger partial charge is 0.461 e. The van der Waals surface area contributed by atoms with Gasteiger partial charge in [-0.25, -0.2) is 9.48 Å². The molecule has 2 aromatic carbocycles. The van der Waals surface area contributed by atoms with Crippen LogP contribution in [-0.4, -0.2) is 22.4 Å². The van der Waals surface area contributed by atoms with Crippen LogP contribution in [0, 0.1) is 13.8 Å². The molecule has 28 heavy (non-hydrogen) atoms. The average molecular weight is 372 g/mol. The van der Waals surface area contributed by atoms with Crippen LogP contribution < -0.4 is 0 Å². The SMILES string of the molecule is CCOC(=O)c1nn(-c2ccc(C)cc2C)c2c1CC/C2=C/c1ccccc1. The third-order valence-electron chi connectivity index (χ3n) is 5.12. The van der Waals surface area contributed by atoms with Gasteiger partial charge in [-0.2, -0.15) is 5.10 Å². The summed E-state index contributed by atoms with van der Waals surface area (Å²) < 4.78 is 7.20. The van der Waals surface area contributed by atoms with Crippen molar-refractivity contribution in [1.29, 1.82) is 0 Å². The second kappa shape index (κ2) is 7.47. The van der Waals surface area contributed by atoms with Gasteiger partial charge in [0.15, 0.2) is 5.69 Å². The van der Waals surface area contributed by atoms with Gasteiger partial charge >= 0.3 is 5.97 Å². The van der Waals surface area contributed by atoms with E-state index in [1.165, 1.54) is 11.1 Å². The lowest BCUT2D eigenvalue weighted by molar-refractivity contribution is 0.0517. The van der Waals surface area contributed by atoms with E-state index in [0.717, 1.165) is 40.9 Å². The molecule has 0 amide bonds. The molecule has 0 aliphatic heterocycles. The number of hydrogen-bond acceptors (Lipinski definition) is 3. The lowest BCUT2D eigenvalue weighted by Crippen LogP contribution is -2.09. The summed E-state index contributed by atoms with van der Waals surface area (Å²) in [5, 5.41) is 4.70. The van der Waals surface area contributed by atoms with Gasteiger partial charge in [0.25, 0.3) is 0 Å². The highest BCUT2D eigenvalue weighted by atomic mass is 16.5.